The summed E-state index contributed by atoms with van der Waals surface area (Å²) in [4.78, 5) is 21.5. The first-order chi connectivity index (χ1) is 9.63. The lowest BCUT2D eigenvalue weighted by molar-refractivity contribution is -0.527. The molecular weight excluding hydrogens is 306 g/mol. The zero-order valence-electron chi connectivity index (χ0n) is 10.4. The molecule has 1 fully saturated rings. The molecule has 108 valence electrons. The normalized spacial score (nSPS) is 22.6. The topological polar surface area (TPSA) is 92.9 Å². The van der Waals surface area contributed by atoms with Gasteiger partial charge in [-0.2, -0.15) is 0 Å². The summed E-state index contributed by atoms with van der Waals surface area (Å²) in [6.45, 7) is 0.108. The Kier molecular flexibility index (Phi) is 3.72. The Morgan fingerprint density at radius 2 is 2.45 bits per heavy atom. The van der Waals surface area contributed by atoms with E-state index in [1.54, 1.807) is 6.20 Å². The van der Waals surface area contributed by atoms with Gasteiger partial charge in [0.25, 0.3) is 5.96 Å². The molecule has 0 radical (unpaired) electrons. The van der Waals surface area contributed by atoms with Gasteiger partial charge in [-0.15, -0.1) is 11.3 Å². The molecular formula is C10H12ClN5O3S. The fraction of sp³-hybridized carbons (Fsp3) is 0.600. The Hall–Kier alpha value is -1.45. The van der Waals surface area contributed by atoms with Crippen LogP contribution < -0.4 is 5.43 Å². The molecule has 1 aliphatic carbocycles. The van der Waals surface area contributed by atoms with Gasteiger partial charge in [-0.1, -0.05) is 17.0 Å². The number of hydrogen-bond donors (Lipinski definition) is 1. The summed E-state index contributed by atoms with van der Waals surface area (Å²) < 4.78 is 6.11. The summed E-state index contributed by atoms with van der Waals surface area (Å²) in [5.74, 6) is 0.268. The molecule has 0 aromatic carbocycles. The summed E-state index contributed by atoms with van der Waals surface area (Å²) >= 11 is 7.20. The van der Waals surface area contributed by atoms with E-state index in [-0.39, 0.29) is 25.0 Å². The Morgan fingerprint density at radius 3 is 3.05 bits per heavy atom. The van der Waals surface area contributed by atoms with Gasteiger partial charge >= 0.3 is 0 Å². The Morgan fingerprint density at radius 1 is 1.65 bits per heavy atom. The van der Waals surface area contributed by atoms with E-state index in [1.165, 1.54) is 11.3 Å². The van der Waals surface area contributed by atoms with E-state index in [0.29, 0.717) is 10.9 Å². The molecule has 0 bridgehead atoms. The van der Waals surface area contributed by atoms with Gasteiger partial charge in [0.2, 0.25) is 0 Å². The van der Waals surface area contributed by atoms with E-state index in [1.807, 2.05) is 4.90 Å². The van der Waals surface area contributed by atoms with E-state index >= 15 is 0 Å². The quantitative estimate of drug-likeness (QED) is 0.663. The van der Waals surface area contributed by atoms with E-state index in [0.717, 1.165) is 17.7 Å². The third kappa shape index (κ3) is 3.00. The second-order valence-electron chi connectivity index (χ2n) is 4.52. The summed E-state index contributed by atoms with van der Waals surface area (Å²) in [5, 5.41) is 10.0. The predicted molar refractivity (Wildman–Crippen MR) is 73.0 cm³/mol. The number of nitrogens with zero attached hydrogens (tertiary/aromatic N) is 4. The predicted octanol–water partition coefficient (Wildman–Crippen LogP) is 1.25. The molecule has 20 heavy (non-hydrogen) atoms. The highest BCUT2D eigenvalue weighted by molar-refractivity contribution is 7.15. The molecule has 2 heterocycles. The number of guanidine groups is 1. The van der Waals surface area contributed by atoms with Crippen molar-refractivity contribution in [3.8, 4) is 0 Å². The SMILES string of the molecule is O=[N+]([O-])NC1=NCOC(Cc2cnc(Cl)s2)N1C1CC1. The zero-order valence-corrected chi connectivity index (χ0v) is 11.9. The molecule has 1 aliphatic heterocycles. The fourth-order valence-electron chi connectivity index (χ4n) is 2.13. The number of nitrogens with one attached hydrogen (secondary N) is 1. The van der Waals surface area contributed by atoms with Crippen molar-refractivity contribution in [3.05, 3.63) is 25.7 Å². The van der Waals surface area contributed by atoms with Crippen LogP contribution in [0.5, 0.6) is 0 Å². The van der Waals surface area contributed by atoms with Gasteiger partial charge in [-0.05, 0) is 12.8 Å². The minimum atomic E-state index is -0.597. The van der Waals surface area contributed by atoms with Crippen molar-refractivity contribution in [1.29, 1.82) is 0 Å². The number of ether oxygens (including phenoxy) is 1. The largest absolute Gasteiger partial charge is 0.336 e. The third-order valence-corrected chi connectivity index (χ3v) is 4.21. The number of halogens is 1. The number of nitro groups is 1. The van der Waals surface area contributed by atoms with Gasteiger partial charge in [0.15, 0.2) is 9.50 Å². The minimum absolute atomic E-state index is 0.108. The van der Waals surface area contributed by atoms with Crippen LogP contribution in [0.15, 0.2) is 11.2 Å². The molecule has 1 N–H and O–H groups in total. The first-order valence-electron chi connectivity index (χ1n) is 6.09. The summed E-state index contributed by atoms with van der Waals surface area (Å²) in [5.41, 5.74) is 2.15. The highest BCUT2D eigenvalue weighted by Crippen LogP contribution is 2.32. The van der Waals surface area contributed by atoms with Crippen LogP contribution in [-0.2, 0) is 11.2 Å². The average Bonchev–Trinajstić information content (AvgIpc) is 3.13. The standard InChI is InChI=1S/C10H12ClN5O3S/c11-9-12-4-7(20-9)3-8-15(6-1-2-6)10(13-5-19-8)14-16(17)18/h4,6,8H,1-3,5H2,(H,13,14). The van der Waals surface area contributed by atoms with Crippen LogP contribution in [0.1, 0.15) is 17.7 Å². The monoisotopic (exact) mass is 317 g/mol. The fourth-order valence-corrected chi connectivity index (χ4v) is 3.12. The van der Waals surface area contributed by atoms with Crippen molar-refractivity contribution in [2.45, 2.75) is 31.5 Å². The molecule has 2 aliphatic rings. The van der Waals surface area contributed by atoms with E-state index in [9.17, 15) is 10.1 Å². The minimum Gasteiger partial charge on any atom is -0.336 e. The van der Waals surface area contributed by atoms with Crippen molar-refractivity contribution in [1.82, 2.24) is 15.3 Å². The third-order valence-electron chi connectivity index (χ3n) is 3.07. The Bertz CT molecular complexity index is 547. The van der Waals surface area contributed by atoms with Crippen LogP contribution >= 0.6 is 22.9 Å². The van der Waals surface area contributed by atoms with Gasteiger partial charge in [0.05, 0.1) is 0 Å². The van der Waals surface area contributed by atoms with Gasteiger partial charge in [0, 0.05) is 23.5 Å². The lowest BCUT2D eigenvalue weighted by Crippen LogP contribution is -2.54. The smallest absolute Gasteiger partial charge is 0.261 e. The van der Waals surface area contributed by atoms with Gasteiger partial charge in [-0.3, -0.25) is 0 Å². The summed E-state index contributed by atoms with van der Waals surface area (Å²) in [7, 11) is 0. The maximum atomic E-state index is 10.6. The number of hydrogen-bond acceptors (Lipinski definition) is 7. The van der Waals surface area contributed by atoms with Crippen LogP contribution in [0.25, 0.3) is 0 Å². The molecule has 0 saturated heterocycles. The van der Waals surface area contributed by atoms with Crippen molar-refractivity contribution < 1.29 is 9.77 Å². The molecule has 1 aromatic rings. The Balaban J connectivity index is 1.76. The second-order valence-corrected chi connectivity index (χ2v) is 6.22. The summed E-state index contributed by atoms with van der Waals surface area (Å²) in [6, 6.07) is 0.245. The Labute approximate surface area is 123 Å². The lowest BCUT2D eigenvalue weighted by atomic mass is 10.3. The van der Waals surface area contributed by atoms with Crippen molar-refractivity contribution in [2.24, 2.45) is 4.99 Å². The van der Waals surface area contributed by atoms with Crippen LogP contribution in [-0.4, -0.2) is 39.9 Å². The molecule has 10 heteroatoms. The lowest BCUT2D eigenvalue weighted by Gasteiger charge is -2.35. The second kappa shape index (κ2) is 5.51. The highest BCUT2D eigenvalue weighted by atomic mass is 35.5. The first-order valence-corrected chi connectivity index (χ1v) is 7.28. The van der Waals surface area contributed by atoms with Gasteiger partial charge in [0.1, 0.15) is 13.0 Å². The number of thiazole rings is 1. The van der Waals surface area contributed by atoms with Crippen molar-refractivity contribution >= 4 is 28.9 Å². The number of aliphatic imine (C=N–C) groups is 1. The van der Waals surface area contributed by atoms with Crippen LogP contribution in [0.3, 0.4) is 0 Å². The molecule has 3 rings (SSSR count). The molecule has 0 amide bonds. The van der Waals surface area contributed by atoms with E-state index in [4.69, 9.17) is 16.3 Å². The van der Waals surface area contributed by atoms with Gasteiger partial charge in [-0.25, -0.2) is 20.1 Å². The van der Waals surface area contributed by atoms with Crippen molar-refractivity contribution in [2.75, 3.05) is 6.73 Å². The number of aromatic nitrogens is 1. The maximum absolute atomic E-state index is 10.6. The zero-order chi connectivity index (χ0) is 14.1. The van der Waals surface area contributed by atoms with Crippen molar-refractivity contribution in [3.63, 3.8) is 0 Å². The number of rotatable bonds is 4. The molecule has 0 spiro atoms. The van der Waals surface area contributed by atoms with E-state index in [2.05, 4.69) is 15.4 Å². The van der Waals surface area contributed by atoms with E-state index < -0.39 is 5.03 Å². The molecule has 1 unspecified atom stereocenters. The van der Waals surface area contributed by atoms with Crippen LogP contribution in [0.4, 0.5) is 0 Å². The molecule has 8 nitrogen and oxygen atoms in total. The highest BCUT2D eigenvalue weighted by Gasteiger charge is 2.40. The average molecular weight is 318 g/mol. The molecule has 1 aromatic heterocycles. The summed E-state index contributed by atoms with van der Waals surface area (Å²) in [6.07, 6.45) is 3.98. The van der Waals surface area contributed by atoms with Gasteiger partial charge < -0.3 is 9.64 Å². The maximum Gasteiger partial charge on any atom is 0.261 e. The molecule has 1 atom stereocenters. The van der Waals surface area contributed by atoms with Crippen LogP contribution in [0.2, 0.25) is 4.47 Å². The molecule has 1 saturated carbocycles. The first kappa shape index (κ1) is 13.5. The number of hydrazine groups is 1. The van der Waals surface area contributed by atoms with Crippen LogP contribution in [0, 0.1) is 10.1 Å².